The number of rotatable bonds is 9. The van der Waals surface area contributed by atoms with Crippen molar-refractivity contribution in [2.75, 3.05) is 5.43 Å². The van der Waals surface area contributed by atoms with Gasteiger partial charge in [0.25, 0.3) is 5.69 Å². The van der Waals surface area contributed by atoms with E-state index in [1.165, 1.54) is 0 Å². The largest absolute Gasteiger partial charge is 0.435 e. The molecule has 15 heteroatoms. The van der Waals surface area contributed by atoms with Crippen molar-refractivity contribution in [2.24, 2.45) is 10.2 Å². The van der Waals surface area contributed by atoms with Crippen molar-refractivity contribution in [3.63, 3.8) is 0 Å². The molecule has 2 rings (SSSR count). The van der Waals surface area contributed by atoms with Gasteiger partial charge in [0.05, 0.1) is 16.0 Å². The van der Waals surface area contributed by atoms with Crippen molar-refractivity contribution in [1.29, 1.82) is 0 Å². The number of sulfonamides is 1. The summed E-state index contributed by atoms with van der Waals surface area (Å²) >= 11 is 0. The van der Waals surface area contributed by atoms with E-state index in [2.05, 4.69) is 20.0 Å². The summed E-state index contributed by atoms with van der Waals surface area (Å²) in [5, 5.41) is 19.7. The van der Waals surface area contributed by atoms with E-state index in [0.717, 1.165) is 36.5 Å². The van der Waals surface area contributed by atoms with Crippen LogP contribution in [0.1, 0.15) is 5.56 Å². The fourth-order valence-corrected chi connectivity index (χ4v) is 2.63. The van der Waals surface area contributed by atoms with Crippen LogP contribution in [0.15, 0.2) is 46.4 Å². The Hall–Kier alpha value is -3.46. The average molecular weight is 452 g/mol. The first-order valence-electron chi connectivity index (χ1n) is 7.61. The van der Waals surface area contributed by atoms with Crippen molar-refractivity contribution in [2.45, 2.75) is 18.1 Å². The molecule has 0 aliphatic carbocycles. The second-order valence-electron chi connectivity index (χ2n) is 5.31. The van der Waals surface area contributed by atoms with Gasteiger partial charge in [-0.3, -0.25) is 15.5 Å². The van der Waals surface area contributed by atoms with Crippen LogP contribution in [0.25, 0.3) is 0 Å². The number of hydrazone groups is 1. The van der Waals surface area contributed by atoms with Crippen LogP contribution in [0.5, 0.6) is 11.5 Å². The third kappa shape index (κ3) is 6.28. The molecule has 10 nitrogen and oxygen atoms in total. The van der Waals surface area contributed by atoms with E-state index >= 15 is 0 Å². The summed E-state index contributed by atoms with van der Waals surface area (Å²) in [5.74, 6) is -0.993. The van der Waals surface area contributed by atoms with Gasteiger partial charge in [0.1, 0.15) is 17.2 Å². The minimum absolute atomic E-state index is 0.103. The van der Waals surface area contributed by atoms with Gasteiger partial charge in [-0.05, 0) is 24.3 Å². The number of nitro benzene ring substituents is 1. The van der Waals surface area contributed by atoms with Crippen LogP contribution in [0.4, 0.5) is 28.9 Å². The van der Waals surface area contributed by atoms with Gasteiger partial charge in [0.2, 0.25) is 10.0 Å². The van der Waals surface area contributed by atoms with Crippen LogP contribution in [0.3, 0.4) is 0 Å². The van der Waals surface area contributed by atoms with Crippen molar-refractivity contribution in [1.82, 2.24) is 0 Å². The van der Waals surface area contributed by atoms with Gasteiger partial charge in [-0.2, -0.15) is 22.7 Å². The quantitative estimate of drug-likeness (QED) is 0.257. The summed E-state index contributed by atoms with van der Waals surface area (Å²) in [6.07, 6.45) is 0.918. The maximum atomic E-state index is 12.6. The van der Waals surface area contributed by atoms with E-state index in [9.17, 15) is 36.1 Å². The lowest BCUT2D eigenvalue weighted by molar-refractivity contribution is -0.384. The first-order valence-corrected chi connectivity index (χ1v) is 9.16. The van der Waals surface area contributed by atoms with Gasteiger partial charge in [-0.15, -0.1) is 0 Å². The third-order valence-corrected chi connectivity index (χ3v) is 4.22. The number of nitrogens with two attached hydrogens (primary N) is 1. The SMILES string of the molecule is NS(=O)(=O)c1ccc(N/N=C/c2ccc(OC(F)F)cc2OC(F)F)c([N+](=O)[O-])c1. The molecular weight excluding hydrogens is 440 g/mol. The number of benzene rings is 2. The highest BCUT2D eigenvalue weighted by Gasteiger charge is 2.19. The van der Waals surface area contributed by atoms with E-state index < -0.39 is 50.3 Å². The number of nitrogens with one attached hydrogen (secondary N) is 1. The topological polar surface area (TPSA) is 146 Å². The van der Waals surface area contributed by atoms with E-state index in [1.807, 2.05) is 0 Å². The first-order chi connectivity index (χ1) is 14.0. The standard InChI is InChI=1S/C15H12F4N4O6S/c16-14(17)28-9-2-1-8(13(5-9)29-15(18)19)7-21-22-11-4-3-10(30(20,26)27)6-12(11)23(24)25/h1-7,14-15,22H,(H2,20,26,27)/b21-7+. The predicted octanol–water partition coefficient (Wildman–Crippen LogP) is 2.89. The lowest BCUT2D eigenvalue weighted by atomic mass is 10.2. The lowest BCUT2D eigenvalue weighted by Gasteiger charge is -2.11. The number of hydrogen-bond acceptors (Lipinski definition) is 8. The molecule has 0 radical (unpaired) electrons. The molecule has 30 heavy (non-hydrogen) atoms. The van der Waals surface area contributed by atoms with Crippen molar-refractivity contribution in [3.05, 3.63) is 52.1 Å². The molecule has 2 aromatic carbocycles. The lowest BCUT2D eigenvalue weighted by Crippen LogP contribution is -2.12. The summed E-state index contributed by atoms with van der Waals surface area (Å²) < 4.78 is 80.6. The van der Waals surface area contributed by atoms with E-state index in [4.69, 9.17) is 5.14 Å². The number of nitro groups is 1. The number of ether oxygens (including phenoxy) is 2. The fraction of sp³-hybridized carbons (Fsp3) is 0.133. The Kier molecular flexibility index (Phi) is 7.12. The molecule has 0 heterocycles. The smallest absolute Gasteiger partial charge is 0.387 e. The molecule has 0 atom stereocenters. The van der Waals surface area contributed by atoms with Gasteiger partial charge in [-0.25, -0.2) is 13.6 Å². The maximum absolute atomic E-state index is 12.6. The van der Waals surface area contributed by atoms with Gasteiger partial charge in [0, 0.05) is 17.7 Å². The molecule has 0 saturated heterocycles. The Morgan fingerprint density at radius 2 is 1.77 bits per heavy atom. The monoisotopic (exact) mass is 452 g/mol. The van der Waals surface area contributed by atoms with E-state index in [0.29, 0.717) is 6.07 Å². The van der Waals surface area contributed by atoms with Crippen LogP contribution >= 0.6 is 0 Å². The summed E-state index contributed by atoms with van der Waals surface area (Å²) in [6, 6.07) is 5.61. The number of anilines is 1. The summed E-state index contributed by atoms with van der Waals surface area (Å²) in [4.78, 5) is 9.73. The number of nitrogens with zero attached hydrogens (tertiary/aromatic N) is 2. The van der Waals surface area contributed by atoms with Crippen LogP contribution in [-0.4, -0.2) is 32.8 Å². The van der Waals surface area contributed by atoms with Gasteiger partial charge in [0.15, 0.2) is 0 Å². The molecule has 2 aromatic rings. The van der Waals surface area contributed by atoms with Crippen LogP contribution in [-0.2, 0) is 10.0 Å². The molecule has 0 saturated carbocycles. The molecule has 0 aromatic heterocycles. The minimum atomic E-state index is -4.19. The molecule has 3 N–H and O–H groups in total. The molecule has 162 valence electrons. The number of alkyl halides is 4. The third-order valence-electron chi connectivity index (χ3n) is 3.31. The van der Waals surface area contributed by atoms with Crippen LogP contribution in [0.2, 0.25) is 0 Å². The zero-order chi connectivity index (χ0) is 22.5. The van der Waals surface area contributed by atoms with Crippen molar-refractivity contribution >= 4 is 27.6 Å². The van der Waals surface area contributed by atoms with E-state index in [1.54, 1.807) is 0 Å². The Labute approximate surface area is 166 Å². The Bertz CT molecular complexity index is 1070. The molecule has 0 aliphatic rings. The highest BCUT2D eigenvalue weighted by molar-refractivity contribution is 7.89. The van der Waals surface area contributed by atoms with Gasteiger partial charge < -0.3 is 9.47 Å². The number of hydrogen-bond donors (Lipinski definition) is 2. The van der Waals surface area contributed by atoms with Crippen LogP contribution in [0, 0.1) is 10.1 Å². The van der Waals surface area contributed by atoms with Crippen molar-refractivity contribution < 1.29 is 40.4 Å². The molecule has 0 spiro atoms. The normalized spacial score (nSPS) is 11.8. The first kappa shape index (κ1) is 22.8. The summed E-state index contributed by atoms with van der Waals surface area (Å²) in [7, 11) is -4.19. The maximum Gasteiger partial charge on any atom is 0.387 e. The Balaban J connectivity index is 2.31. The Morgan fingerprint density at radius 1 is 1.10 bits per heavy atom. The summed E-state index contributed by atoms with van der Waals surface area (Å²) in [5.41, 5.74) is 1.23. The van der Waals surface area contributed by atoms with Crippen LogP contribution < -0.4 is 20.0 Å². The minimum Gasteiger partial charge on any atom is -0.435 e. The van der Waals surface area contributed by atoms with E-state index in [-0.39, 0.29) is 11.3 Å². The molecule has 0 bridgehead atoms. The Morgan fingerprint density at radius 3 is 2.33 bits per heavy atom. The second-order valence-corrected chi connectivity index (χ2v) is 6.87. The van der Waals surface area contributed by atoms with Gasteiger partial charge >= 0.3 is 13.2 Å². The molecule has 0 aliphatic heterocycles. The molecular formula is C15H12F4N4O6S. The zero-order valence-corrected chi connectivity index (χ0v) is 15.4. The highest BCUT2D eigenvalue weighted by atomic mass is 32.2. The van der Waals surface area contributed by atoms with Gasteiger partial charge in [-0.1, -0.05) is 0 Å². The predicted molar refractivity (Wildman–Crippen MR) is 95.4 cm³/mol. The average Bonchev–Trinajstić information content (AvgIpc) is 2.61. The zero-order valence-electron chi connectivity index (χ0n) is 14.5. The molecule has 0 unspecified atom stereocenters. The summed E-state index contributed by atoms with van der Waals surface area (Å²) in [6.45, 7) is -6.47. The highest BCUT2D eigenvalue weighted by Crippen LogP contribution is 2.28. The van der Waals surface area contributed by atoms with Crippen molar-refractivity contribution in [3.8, 4) is 11.5 Å². The number of primary sulfonamides is 1. The number of halogens is 4. The molecule has 0 amide bonds. The molecule has 0 fully saturated rings. The second kappa shape index (κ2) is 9.36. The fourth-order valence-electron chi connectivity index (χ4n) is 2.10.